The molecule has 148 valence electrons. The van der Waals surface area contributed by atoms with E-state index in [2.05, 4.69) is 5.32 Å². The Bertz CT molecular complexity index is 1090. The third-order valence-electron chi connectivity index (χ3n) is 4.35. The Kier molecular flexibility index (Phi) is 5.73. The molecule has 8 heteroatoms. The van der Waals surface area contributed by atoms with E-state index >= 15 is 0 Å². The first-order valence-electron chi connectivity index (χ1n) is 8.86. The van der Waals surface area contributed by atoms with Crippen molar-refractivity contribution < 1.29 is 14.5 Å². The van der Waals surface area contributed by atoms with E-state index in [0.717, 1.165) is 16.8 Å². The molecule has 0 aliphatic heterocycles. The number of aryl methyl sites for hydroxylation is 1. The maximum absolute atomic E-state index is 12.5. The monoisotopic (exact) mass is 393 g/mol. The first-order valence-corrected chi connectivity index (χ1v) is 8.86. The number of rotatable bonds is 6. The number of nitrogens with one attached hydrogen (secondary N) is 1. The number of pyridine rings is 1. The van der Waals surface area contributed by atoms with Crippen LogP contribution in [0.1, 0.15) is 18.5 Å². The summed E-state index contributed by atoms with van der Waals surface area (Å²) in [5, 5.41) is 13.8. The quantitative estimate of drug-likeness (QED) is 0.502. The second-order valence-corrected chi connectivity index (χ2v) is 6.45. The lowest BCUT2D eigenvalue weighted by atomic mass is 10.2. The highest BCUT2D eigenvalue weighted by Crippen LogP contribution is 2.23. The molecule has 1 N–H and O–H groups in total. The van der Waals surface area contributed by atoms with E-state index in [9.17, 15) is 19.7 Å². The number of carbonyl (C=O) groups excluding carboxylic acids is 1. The number of ether oxygens (including phenoxy) is 1. The number of benzene rings is 2. The summed E-state index contributed by atoms with van der Waals surface area (Å²) >= 11 is 0. The Morgan fingerprint density at radius 3 is 2.34 bits per heavy atom. The van der Waals surface area contributed by atoms with Gasteiger partial charge in [-0.1, -0.05) is 18.2 Å². The van der Waals surface area contributed by atoms with Crippen molar-refractivity contribution in [3.63, 3.8) is 0 Å². The highest BCUT2D eigenvalue weighted by Gasteiger charge is 2.21. The zero-order valence-corrected chi connectivity index (χ0v) is 15.9. The lowest BCUT2D eigenvalue weighted by Gasteiger charge is -2.15. The van der Waals surface area contributed by atoms with Gasteiger partial charge in [-0.2, -0.15) is 0 Å². The van der Waals surface area contributed by atoms with Crippen LogP contribution < -0.4 is 15.6 Å². The van der Waals surface area contributed by atoms with Crippen molar-refractivity contribution in [2.75, 3.05) is 5.32 Å². The Balaban J connectivity index is 1.72. The minimum atomic E-state index is -0.929. The molecule has 1 atom stereocenters. The molecule has 0 fully saturated rings. The Morgan fingerprint density at radius 2 is 1.72 bits per heavy atom. The molecule has 1 aromatic heterocycles. The van der Waals surface area contributed by atoms with Crippen LogP contribution >= 0.6 is 0 Å². The van der Waals surface area contributed by atoms with Crippen molar-refractivity contribution >= 4 is 17.3 Å². The molecule has 0 spiro atoms. The van der Waals surface area contributed by atoms with Gasteiger partial charge in [-0.25, -0.2) is 0 Å². The molecule has 0 aliphatic rings. The van der Waals surface area contributed by atoms with Crippen LogP contribution in [0.5, 0.6) is 11.5 Å². The lowest BCUT2D eigenvalue weighted by Crippen LogP contribution is -2.31. The van der Waals surface area contributed by atoms with Crippen LogP contribution in [-0.2, 0) is 4.79 Å². The molecule has 0 saturated carbocycles. The zero-order chi connectivity index (χ0) is 21.0. The van der Waals surface area contributed by atoms with Crippen molar-refractivity contribution in [3.8, 4) is 11.5 Å². The van der Waals surface area contributed by atoms with Crippen molar-refractivity contribution in [2.24, 2.45) is 0 Å². The number of amides is 1. The molecular weight excluding hydrogens is 374 g/mol. The minimum Gasteiger partial charge on any atom is -0.457 e. The fourth-order valence-electron chi connectivity index (χ4n) is 2.73. The highest BCUT2D eigenvalue weighted by atomic mass is 16.6. The van der Waals surface area contributed by atoms with Crippen LogP contribution in [0.3, 0.4) is 0 Å². The molecule has 0 radical (unpaired) electrons. The number of para-hydroxylation sites is 1. The van der Waals surface area contributed by atoms with Crippen molar-refractivity contribution in [3.05, 3.63) is 92.9 Å². The van der Waals surface area contributed by atoms with Gasteiger partial charge in [-0.15, -0.1) is 0 Å². The molecule has 3 aromatic rings. The maximum Gasteiger partial charge on any atom is 0.288 e. The van der Waals surface area contributed by atoms with Crippen LogP contribution in [0.15, 0.2) is 71.7 Å². The molecule has 8 nitrogen and oxygen atoms in total. The molecule has 0 saturated heterocycles. The summed E-state index contributed by atoms with van der Waals surface area (Å²) in [6.07, 6.45) is 1.10. The van der Waals surface area contributed by atoms with Gasteiger partial charge in [0.15, 0.2) is 0 Å². The van der Waals surface area contributed by atoms with Crippen LogP contribution in [0.25, 0.3) is 0 Å². The minimum absolute atomic E-state index is 0.216. The highest BCUT2D eigenvalue weighted by molar-refractivity contribution is 5.93. The third-order valence-corrected chi connectivity index (χ3v) is 4.35. The van der Waals surface area contributed by atoms with E-state index < -0.39 is 22.4 Å². The van der Waals surface area contributed by atoms with Crippen LogP contribution in [0, 0.1) is 17.0 Å². The summed E-state index contributed by atoms with van der Waals surface area (Å²) in [7, 11) is 0. The smallest absolute Gasteiger partial charge is 0.288 e. The Morgan fingerprint density at radius 1 is 1.10 bits per heavy atom. The standard InChI is InChI=1S/C21H19N3O5/c1-14-12-20(25)23(13-19(14)24(27)28)15(2)21(26)22-16-8-10-18(11-9-16)29-17-6-4-3-5-7-17/h3-13,15H,1-2H3,(H,22,26). The van der Waals surface area contributed by atoms with Gasteiger partial charge in [0.25, 0.3) is 11.2 Å². The number of hydrogen-bond acceptors (Lipinski definition) is 5. The number of anilines is 1. The molecule has 0 bridgehead atoms. The molecular formula is C21H19N3O5. The van der Waals surface area contributed by atoms with Crippen LogP contribution in [-0.4, -0.2) is 15.4 Å². The van der Waals surface area contributed by atoms with Gasteiger partial charge in [-0.05, 0) is 50.2 Å². The van der Waals surface area contributed by atoms with Crippen LogP contribution in [0.2, 0.25) is 0 Å². The molecule has 2 aromatic carbocycles. The number of hydrogen-bond donors (Lipinski definition) is 1. The van der Waals surface area contributed by atoms with Crippen molar-refractivity contribution in [2.45, 2.75) is 19.9 Å². The van der Waals surface area contributed by atoms with E-state index in [0.29, 0.717) is 17.2 Å². The van der Waals surface area contributed by atoms with E-state index in [1.807, 2.05) is 30.3 Å². The van der Waals surface area contributed by atoms with Gasteiger partial charge in [0.05, 0.1) is 11.1 Å². The van der Waals surface area contributed by atoms with Gasteiger partial charge in [0.2, 0.25) is 5.91 Å². The maximum atomic E-state index is 12.5. The molecule has 1 unspecified atom stereocenters. The Labute approximate surface area is 166 Å². The van der Waals surface area contributed by atoms with Crippen LogP contribution in [0.4, 0.5) is 11.4 Å². The fraction of sp³-hybridized carbons (Fsp3) is 0.143. The summed E-state index contributed by atoms with van der Waals surface area (Å²) in [4.78, 5) is 35.2. The van der Waals surface area contributed by atoms with E-state index in [1.165, 1.54) is 13.8 Å². The zero-order valence-electron chi connectivity index (χ0n) is 15.9. The lowest BCUT2D eigenvalue weighted by molar-refractivity contribution is -0.386. The topological polar surface area (TPSA) is 103 Å². The summed E-state index contributed by atoms with van der Waals surface area (Å²) in [6, 6.07) is 16.2. The predicted octanol–water partition coefficient (Wildman–Crippen LogP) is 4.06. The molecule has 29 heavy (non-hydrogen) atoms. The molecule has 1 heterocycles. The Hall–Kier alpha value is -3.94. The van der Waals surface area contributed by atoms with E-state index in [1.54, 1.807) is 24.3 Å². The van der Waals surface area contributed by atoms with Gasteiger partial charge in [0.1, 0.15) is 17.5 Å². The largest absolute Gasteiger partial charge is 0.457 e. The fourth-order valence-corrected chi connectivity index (χ4v) is 2.73. The first-order chi connectivity index (χ1) is 13.8. The summed E-state index contributed by atoms with van der Waals surface area (Å²) in [5.74, 6) is 0.827. The SMILES string of the molecule is Cc1cc(=O)n(C(C)C(=O)Nc2ccc(Oc3ccccc3)cc2)cc1[N+](=O)[O-]. The summed E-state index contributed by atoms with van der Waals surface area (Å²) in [6.45, 7) is 2.98. The van der Waals surface area contributed by atoms with Gasteiger partial charge < -0.3 is 10.1 Å². The second kappa shape index (κ2) is 8.39. The number of aromatic nitrogens is 1. The number of carbonyl (C=O) groups is 1. The normalized spacial score (nSPS) is 11.5. The number of nitrogens with zero attached hydrogens (tertiary/aromatic N) is 2. The average Bonchev–Trinajstić information content (AvgIpc) is 2.69. The van der Waals surface area contributed by atoms with Gasteiger partial charge >= 0.3 is 0 Å². The predicted molar refractivity (Wildman–Crippen MR) is 108 cm³/mol. The van der Waals surface area contributed by atoms with Crippen molar-refractivity contribution in [1.29, 1.82) is 0 Å². The first kappa shape index (κ1) is 19.8. The third kappa shape index (κ3) is 4.67. The molecule has 0 aliphatic carbocycles. The average molecular weight is 393 g/mol. The molecule has 3 rings (SSSR count). The second-order valence-electron chi connectivity index (χ2n) is 6.45. The van der Waals surface area contributed by atoms with Gasteiger partial charge in [0, 0.05) is 17.3 Å². The van der Waals surface area contributed by atoms with Crippen molar-refractivity contribution in [1.82, 2.24) is 4.57 Å². The molecule has 1 amide bonds. The van der Waals surface area contributed by atoms with Gasteiger partial charge in [-0.3, -0.25) is 24.3 Å². The summed E-state index contributed by atoms with van der Waals surface area (Å²) in [5.41, 5.74) is 0.0591. The number of nitro groups is 1. The summed E-state index contributed by atoms with van der Waals surface area (Å²) < 4.78 is 6.74. The van der Waals surface area contributed by atoms with E-state index in [4.69, 9.17) is 4.74 Å². The van der Waals surface area contributed by atoms with E-state index in [-0.39, 0.29) is 11.3 Å².